The van der Waals surface area contributed by atoms with Gasteiger partial charge in [-0.2, -0.15) is 0 Å². The SMILES string of the molecule is NC1C=CCC2CN(c3ccc4c(=O)c(C(=O)O)cn([C@@H]5C[C@H]5F)c4c3Cl)CC12. The van der Waals surface area contributed by atoms with E-state index in [1.165, 1.54) is 10.8 Å². The Morgan fingerprint density at radius 1 is 1.31 bits per heavy atom. The fourth-order valence-corrected chi connectivity index (χ4v) is 5.21. The van der Waals surface area contributed by atoms with Crippen molar-refractivity contribution in [3.05, 3.63) is 51.3 Å². The van der Waals surface area contributed by atoms with E-state index in [4.69, 9.17) is 17.3 Å². The van der Waals surface area contributed by atoms with Crippen molar-refractivity contribution in [3.63, 3.8) is 0 Å². The Morgan fingerprint density at radius 3 is 2.72 bits per heavy atom. The molecule has 152 valence electrons. The first-order valence-electron chi connectivity index (χ1n) is 9.78. The highest BCUT2D eigenvalue weighted by Gasteiger charge is 2.41. The van der Waals surface area contributed by atoms with E-state index in [9.17, 15) is 19.1 Å². The van der Waals surface area contributed by atoms with Crippen molar-refractivity contribution in [1.82, 2.24) is 4.57 Å². The molecule has 1 saturated carbocycles. The van der Waals surface area contributed by atoms with E-state index in [0.717, 1.165) is 25.2 Å². The van der Waals surface area contributed by atoms with E-state index in [1.54, 1.807) is 12.1 Å². The summed E-state index contributed by atoms with van der Waals surface area (Å²) in [6.07, 6.45) is 5.59. The van der Waals surface area contributed by atoms with Crippen molar-refractivity contribution >= 4 is 34.2 Å². The molecule has 5 atom stereocenters. The molecule has 0 bridgehead atoms. The summed E-state index contributed by atoms with van der Waals surface area (Å²) in [5.41, 5.74) is 6.45. The van der Waals surface area contributed by atoms with Gasteiger partial charge in [-0.25, -0.2) is 9.18 Å². The third-order valence-corrected chi connectivity index (χ3v) is 6.88. The van der Waals surface area contributed by atoms with Gasteiger partial charge in [-0.05, 0) is 30.4 Å². The molecule has 0 spiro atoms. The maximum atomic E-state index is 13.9. The van der Waals surface area contributed by atoms with Crippen molar-refractivity contribution in [2.75, 3.05) is 18.0 Å². The summed E-state index contributed by atoms with van der Waals surface area (Å²) in [7, 11) is 0. The molecule has 8 heteroatoms. The summed E-state index contributed by atoms with van der Waals surface area (Å²) in [6, 6.07) is 2.88. The Hall–Kier alpha value is -2.38. The van der Waals surface area contributed by atoms with Crippen LogP contribution in [0.5, 0.6) is 0 Å². The second kappa shape index (κ2) is 6.57. The minimum atomic E-state index is -1.33. The number of aromatic carboxylic acids is 1. The van der Waals surface area contributed by atoms with E-state index < -0.39 is 23.6 Å². The van der Waals surface area contributed by atoms with Crippen LogP contribution in [0.1, 0.15) is 29.2 Å². The van der Waals surface area contributed by atoms with Crippen molar-refractivity contribution in [1.29, 1.82) is 0 Å². The first kappa shape index (κ1) is 18.6. The van der Waals surface area contributed by atoms with Gasteiger partial charge in [0.1, 0.15) is 11.7 Å². The summed E-state index contributed by atoms with van der Waals surface area (Å²) in [5, 5.41) is 9.95. The molecular weight excluding hydrogens is 397 g/mol. The molecule has 1 aromatic carbocycles. The molecule has 5 rings (SSSR count). The van der Waals surface area contributed by atoms with E-state index >= 15 is 0 Å². The van der Waals surface area contributed by atoms with E-state index in [2.05, 4.69) is 11.0 Å². The summed E-state index contributed by atoms with van der Waals surface area (Å²) < 4.78 is 15.4. The maximum Gasteiger partial charge on any atom is 0.341 e. The van der Waals surface area contributed by atoms with Gasteiger partial charge in [0.2, 0.25) is 5.43 Å². The van der Waals surface area contributed by atoms with Crippen molar-refractivity contribution in [3.8, 4) is 0 Å². The first-order valence-corrected chi connectivity index (χ1v) is 10.2. The molecule has 1 aromatic heterocycles. The van der Waals surface area contributed by atoms with Crippen LogP contribution in [-0.4, -0.2) is 40.9 Å². The standard InChI is InChI=1S/C21H21ClFN3O3/c22-18-16(25-7-10-2-1-3-15(24)12(10)8-25)5-4-11-19(18)26(17-6-14(17)23)9-13(20(11)27)21(28)29/h1,3-5,9-10,12,14-15,17H,2,6-8,24H2,(H,28,29)/t10?,12?,14-,15?,17-/m1/s1. The second-order valence-electron chi connectivity index (χ2n) is 8.27. The van der Waals surface area contributed by atoms with Crippen molar-refractivity contribution in [2.45, 2.75) is 31.1 Å². The summed E-state index contributed by atoms with van der Waals surface area (Å²) in [4.78, 5) is 26.4. The quantitative estimate of drug-likeness (QED) is 0.749. The predicted molar refractivity (Wildman–Crippen MR) is 110 cm³/mol. The Bertz CT molecular complexity index is 1110. The zero-order chi connectivity index (χ0) is 20.4. The highest BCUT2D eigenvalue weighted by Crippen LogP contribution is 2.44. The summed E-state index contributed by atoms with van der Waals surface area (Å²) in [6.45, 7) is 1.56. The van der Waals surface area contributed by atoms with Crippen LogP contribution < -0.4 is 16.1 Å². The van der Waals surface area contributed by atoms with Gasteiger partial charge in [0.05, 0.1) is 22.3 Å². The molecule has 6 nitrogen and oxygen atoms in total. The van der Waals surface area contributed by atoms with Crippen LogP contribution in [0.25, 0.3) is 10.9 Å². The molecule has 2 heterocycles. The highest BCUT2D eigenvalue weighted by atomic mass is 35.5. The number of pyridine rings is 1. The number of carbonyl (C=O) groups is 1. The molecule has 2 aliphatic carbocycles. The molecule has 3 aliphatic rings. The smallest absolute Gasteiger partial charge is 0.341 e. The normalized spacial score (nSPS) is 30.6. The highest BCUT2D eigenvalue weighted by molar-refractivity contribution is 6.38. The Morgan fingerprint density at radius 2 is 2.07 bits per heavy atom. The van der Waals surface area contributed by atoms with Crippen LogP contribution in [0.4, 0.5) is 10.1 Å². The molecule has 0 amide bonds. The first-order chi connectivity index (χ1) is 13.9. The zero-order valence-corrected chi connectivity index (χ0v) is 16.3. The number of alkyl halides is 1. The van der Waals surface area contributed by atoms with E-state index in [1.807, 2.05) is 6.08 Å². The third-order valence-electron chi connectivity index (χ3n) is 6.50. The molecule has 2 fully saturated rings. The number of aromatic nitrogens is 1. The molecular formula is C21H21ClFN3O3. The lowest BCUT2D eigenvalue weighted by molar-refractivity contribution is 0.0694. The molecule has 3 N–H and O–H groups in total. The minimum absolute atomic E-state index is 0.00745. The van der Waals surface area contributed by atoms with Crippen molar-refractivity contribution < 1.29 is 14.3 Å². The predicted octanol–water partition coefficient (Wildman–Crippen LogP) is 2.98. The minimum Gasteiger partial charge on any atom is -0.477 e. The number of carboxylic acids is 1. The van der Waals surface area contributed by atoms with Gasteiger partial charge in [-0.3, -0.25) is 4.79 Å². The number of rotatable bonds is 3. The summed E-state index contributed by atoms with van der Waals surface area (Å²) >= 11 is 6.77. The molecule has 3 unspecified atom stereocenters. The van der Waals surface area contributed by atoms with Crippen LogP contribution in [0.15, 0.2) is 35.3 Å². The van der Waals surface area contributed by atoms with E-state index in [-0.39, 0.29) is 23.4 Å². The monoisotopic (exact) mass is 417 g/mol. The number of hydrogen-bond donors (Lipinski definition) is 2. The van der Waals surface area contributed by atoms with Gasteiger partial charge in [-0.15, -0.1) is 0 Å². The average molecular weight is 418 g/mol. The van der Waals surface area contributed by atoms with Crippen LogP contribution in [0, 0.1) is 11.8 Å². The lowest BCUT2D eigenvalue weighted by Gasteiger charge is -2.25. The Kier molecular flexibility index (Phi) is 4.22. The number of nitrogens with zero attached hydrogens (tertiary/aromatic N) is 2. The molecule has 2 aromatic rings. The van der Waals surface area contributed by atoms with E-state index in [0.29, 0.717) is 22.4 Å². The van der Waals surface area contributed by atoms with Gasteiger partial charge >= 0.3 is 5.97 Å². The van der Waals surface area contributed by atoms with Crippen LogP contribution in [0.3, 0.4) is 0 Å². The number of carboxylic acid groups (broad SMARTS) is 1. The van der Waals surface area contributed by atoms with Gasteiger partial charge in [0.25, 0.3) is 0 Å². The van der Waals surface area contributed by atoms with Gasteiger partial charge in [-0.1, -0.05) is 23.8 Å². The lowest BCUT2D eigenvalue weighted by atomic mass is 9.83. The largest absolute Gasteiger partial charge is 0.477 e. The van der Waals surface area contributed by atoms with Gasteiger partial charge in [0, 0.05) is 37.1 Å². The molecule has 0 radical (unpaired) electrons. The van der Waals surface area contributed by atoms with Crippen LogP contribution in [-0.2, 0) is 0 Å². The number of fused-ring (bicyclic) bond motifs is 2. The topological polar surface area (TPSA) is 88.6 Å². The van der Waals surface area contributed by atoms with Crippen LogP contribution in [0.2, 0.25) is 5.02 Å². The zero-order valence-electron chi connectivity index (χ0n) is 15.6. The summed E-state index contributed by atoms with van der Waals surface area (Å²) in [5.74, 6) is -0.550. The second-order valence-corrected chi connectivity index (χ2v) is 8.65. The van der Waals surface area contributed by atoms with Gasteiger partial charge in [0.15, 0.2) is 0 Å². The van der Waals surface area contributed by atoms with Gasteiger partial charge < -0.3 is 20.3 Å². The van der Waals surface area contributed by atoms with Crippen LogP contribution >= 0.6 is 11.6 Å². The lowest BCUT2D eigenvalue weighted by Crippen LogP contribution is -2.35. The number of halogens is 2. The number of hydrogen-bond acceptors (Lipinski definition) is 4. The Balaban J connectivity index is 1.64. The Labute approximate surface area is 171 Å². The number of benzene rings is 1. The fraction of sp³-hybridized carbons (Fsp3) is 0.429. The number of nitrogens with two attached hydrogens (primary N) is 1. The fourth-order valence-electron chi connectivity index (χ4n) is 4.83. The van der Waals surface area contributed by atoms with Crippen molar-refractivity contribution in [2.24, 2.45) is 17.6 Å². The molecule has 1 saturated heterocycles. The average Bonchev–Trinajstić information content (AvgIpc) is 3.23. The number of allylic oxidation sites excluding steroid dienone is 1. The third kappa shape index (κ3) is 2.87. The number of anilines is 1. The molecule has 1 aliphatic heterocycles. The maximum absolute atomic E-state index is 13.9. The molecule has 29 heavy (non-hydrogen) atoms.